The van der Waals surface area contributed by atoms with Gasteiger partial charge < -0.3 is 10.0 Å². The van der Waals surface area contributed by atoms with Crippen molar-refractivity contribution in [2.24, 2.45) is 0 Å². The minimum atomic E-state index is 0.0792. The van der Waals surface area contributed by atoms with Crippen LogP contribution in [0.15, 0.2) is 48.5 Å². The molecule has 1 N–H and O–H groups in total. The monoisotopic (exact) mass is 253 g/mol. The average molecular weight is 253 g/mol. The Morgan fingerprint density at radius 3 is 2.84 bits per heavy atom. The van der Waals surface area contributed by atoms with Gasteiger partial charge in [-0.25, -0.2) is 0 Å². The molecule has 0 fully saturated rings. The quantitative estimate of drug-likeness (QED) is 0.893. The first-order chi connectivity index (χ1) is 9.24. The molecular formula is C16H15NO2. The predicted octanol–water partition coefficient (Wildman–Crippen LogP) is 2.52. The third-order valence-corrected chi connectivity index (χ3v) is 3.45. The van der Waals surface area contributed by atoms with Crippen molar-refractivity contribution in [2.75, 3.05) is 11.4 Å². The molecule has 0 aromatic heterocycles. The molecule has 0 radical (unpaired) electrons. The van der Waals surface area contributed by atoms with E-state index in [4.69, 9.17) is 0 Å². The third kappa shape index (κ3) is 2.32. The molecule has 3 nitrogen and oxygen atoms in total. The van der Waals surface area contributed by atoms with Crippen LogP contribution in [0.1, 0.15) is 11.1 Å². The SMILES string of the molecule is O=C(Cc1cccc(O)c1)N1CCc2ccccc21. The second kappa shape index (κ2) is 4.76. The molecule has 1 amide bonds. The normalized spacial score (nSPS) is 13.4. The highest BCUT2D eigenvalue weighted by atomic mass is 16.3. The summed E-state index contributed by atoms with van der Waals surface area (Å²) in [6, 6.07) is 14.9. The van der Waals surface area contributed by atoms with Gasteiger partial charge in [-0.2, -0.15) is 0 Å². The summed E-state index contributed by atoms with van der Waals surface area (Å²) in [5, 5.41) is 9.42. The third-order valence-electron chi connectivity index (χ3n) is 3.45. The van der Waals surface area contributed by atoms with Gasteiger partial charge in [0.05, 0.1) is 6.42 Å². The van der Waals surface area contributed by atoms with Crippen molar-refractivity contribution in [3.8, 4) is 5.75 Å². The summed E-state index contributed by atoms with van der Waals surface area (Å²) in [7, 11) is 0. The van der Waals surface area contributed by atoms with Crippen molar-refractivity contribution in [3.05, 3.63) is 59.7 Å². The van der Waals surface area contributed by atoms with E-state index in [0.29, 0.717) is 6.42 Å². The first-order valence-electron chi connectivity index (χ1n) is 6.40. The number of phenolic OH excluding ortho intramolecular Hbond substituents is 1. The summed E-state index contributed by atoms with van der Waals surface area (Å²) < 4.78 is 0. The number of phenols is 1. The van der Waals surface area contributed by atoms with Crippen molar-refractivity contribution >= 4 is 11.6 Å². The first kappa shape index (κ1) is 11.8. The molecule has 0 saturated heterocycles. The molecule has 96 valence electrons. The van der Waals surface area contributed by atoms with Gasteiger partial charge >= 0.3 is 0 Å². The molecule has 0 aliphatic carbocycles. The summed E-state index contributed by atoms with van der Waals surface area (Å²) in [4.78, 5) is 14.2. The number of hydrogen-bond donors (Lipinski definition) is 1. The molecule has 2 aromatic rings. The van der Waals surface area contributed by atoms with Gasteiger partial charge in [-0.3, -0.25) is 4.79 Å². The van der Waals surface area contributed by atoms with Crippen LogP contribution in [-0.4, -0.2) is 17.6 Å². The number of anilines is 1. The van der Waals surface area contributed by atoms with Crippen molar-refractivity contribution in [1.82, 2.24) is 0 Å². The Morgan fingerprint density at radius 1 is 1.16 bits per heavy atom. The highest BCUT2D eigenvalue weighted by Crippen LogP contribution is 2.28. The number of amides is 1. The van der Waals surface area contributed by atoms with Gasteiger partial charge in [0.15, 0.2) is 0 Å². The molecule has 0 saturated carbocycles. The molecule has 1 aliphatic heterocycles. The van der Waals surface area contributed by atoms with Crippen LogP contribution >= 0.6 is 0 Å². The lowest BCUT2D eigenvalue weighted by atomic mass is 10.1. The maximum absolute atomic E-state index is 12.3. The van der Waals surface area contributed by atoms with Crippen LogP contribution in [0, 0.1) is 0 Å². The Balaban J connectivity index is 1.79. The van der Waals surface area contributed by atoms with E-state index in [1.807, 2.05) is 29.2 Å². The predicted molar refractivity (Wildman–Crippen MR) is 74.3 cm³/mol. The zero-order valence-corrected chi connectivity index (χ0v) is 10.5. The fourth-order valence-electron chi connectivity index (χ4n) is 2.53. The van der Waals surface area contributed by atoms with Crippen molar-refractivity contribution in [2.45, 2.75) is 12.8 Å². The number of carbonyl (C=O) groups excluding carboxylic acids is 1. The van der Waals surface area contributed by atoms with Crippen LogP contribution in [0.4, 0.5) is 5.69 Å². The van der Waals surface area contributed by atoms with Crippen LogP contribution < -0.4 is 4.90 Å². The van der Waals surface area contributed by atoms with Crippen LogP contribution in [0.25, 0.3) is 0 Å². The second-order valence-corrected chi connectivity index (χ2v) is 4.77. The number of nitrogens with zero attached hydrogens (tertiary/aromatic N) is 1. The molecule has 19 heavy (non-hydrogen) atoms. The van der Waals surface area contributed by atoms with Crippen LogP contribution in [0.3, 0.4) is 0 Å². The minimum absolute atomic E-state index is 0.0792. The Kier molecular flexibility index (Phi) is 2.95. The lowest BCUT2D eigenvalue weighted by Gasteiger charge is -2.17. The fourth-order valence-corrected chi connectivity index (χ4v) is 2.53. The summed E-state index contributed by atoms with van der Waals surface area (Å²) in [6.45, 7) is 0.747. The van der Waals surface area contributed by atoms with Gasteiger partial charge in [-0.15, -0.1) is 0 Å². The zero-order valence-electron chi connectivity index (χ0n) is 10.5. The Morgan fingerprint density at radius 2 is 2.00 bits per heavy atom. The maximum Gasteiger partial charge on any atom is 0.231 e. The van der Waals surface area contributed by atoms with Crippen LogP contribution in [0.2, 0.25) is 0 Å². The molecule has 0 spiro atoms. The highest BCUT2D eigenvalue weighted by molar-refractivity contribution is 5.96. The molecule has 1 aliphatic rings. The highest BCUT2D eigenvalue weighted by Gasteiger charge is 2.23. The molecule has 0 unspecified atom stereocenters. The summed E-state index contributed by atoms with van der Waals surface area (Å²) in [6.07, 6.45) is 1.24. The van der Waals surface area contributed by atoms with Crippen LogP contribution in [-0.2, 0) is 17.6 Å². The molecule has 3 rings (SSSR count). The number of fused-ring (bicyclic) bond motifs is 1. The number of para-hydroxylation sites is 1. The van der Waals surface area contributed by atoms with E-state index in [-0.39, 0.29) is 11.7 Å². The van der Waals surface area contributed by atoms with Gasteiger partial charge in [-0.05, 0) is 35.7 Å². The number of aromatic hydroxyl groups is 1. The molecule has 0 bridgehead atoms. The van der Waals surface area contributed by atoms with E-state index in [9.17, 15) is 9.90 Å². The van der Waals surface area contributed by atoms with Gasteiger partial charge in [0.2, 0.25) is 5.91 Å². The number of rotatable bonds is 2. The second-order valence-electron chi connectivity index (χ2n) is 4.77. The Hall–Kier alpha value is -2.29. The van der Waals surface area contributed by atoms with E-state index in [1.54, 1.807) is 18.2 Å². The fraction of sp³-hybridized carbons (Fsp3) is 0.188. The number of hydrogen-bond acceptors (Lipinski definition) is 2. The topological polar surface area (TPSA) is 40.5 Å². The van der Waals surface area contributed by atoms with E-state index in [1.165, 1.54) is 5.56 Å². The molecule has 1 heterocycles. The largest absolute Gasteiger partial charge is 0.508 e. The Labute approximate surface area is 112 Å². The Bertz CT molecular complexity index is 622. The van der Waals surface area contributed by atoms with Crippen molar-refractivity contribution in [1.29, 1.82) is 0 Å². The van der Waals surface area contributed by atoms with Gasteiger partial charge in [-0.1, -0.05) is 30.3 Å². The first-order valence-corrected chi connectivity index (χ1v) is 6.40. The number of carbonyl (C=O) groups is 1. The van der Waals surface area contributed by atoms with E-state index < -0.39 is 0 Å². The molecular weight excluding hydrogens is 238 g/mol. The van der Waals surface area contributed by atoms with Crippen LogP contribution in [0.5, 0.6) is 5.75 Å². The van der Waals surface area contributed by atoms with Gasteiger partial charge in [0.1, 0.15) is 5.75 Å². The maximum atomic E-state index is 12.3. The standard InChI is InChI=1S/C16H15NO2/c18-14-6-3-4-12(10-14)11-16(19)17-9-8-13-5-1-2-7-15(13)17/h1-7,10,18H,8-9,11H2. The van der Waals surface area contributed by atoms with Gasteiger partial charge in [0.25, 0.3) is 0 Å². The molecule has 0 atom stereocenters. The van der Waals surface area contributed by atoms with Gasteiger partial charge in [0, 0.05) is 12.2 Å². The van der Waals surface area contributed by atoms with E-state index in [2.05, 4.69) is 6.07 Å². The van der Waals surface area contributed by atoms with Crippen molar-refractivity contribution < 1.29 is 9.90 Å². The minimum Gasteiger partial charge on any atom is -0.508 e. The lowest BCUT2D eigenvalue weighted by molar-refractivity contribution is -0.117. The van der Waals surface area contributed by atoms with E-state index >= 15 is 0 Å². The van der Waals surface area contributed by atoms with Crippen molar-refractivity contribution in [3.63, 3.8) is 0 Å². The summed E-state index contributed by atoms with van der Waals surface area (Å²) >= 11 is 0. The molecule has 2 aromatic carbocycles. The summed E-state index contributed by atoms with van der Waals surface area (Å²) in [5.41, 5.74) is 3.09. The summed E-state index contributed by atoms with van der Waals surface area (Å²) in [5.74, 6) is 0.280. The average Bonchev–Trinajstić information content (AvgIpc) is 2.82. The smallest absolute Gasteiger partial charge is 0.231 e. The number of benzene rings is 2. The van der Waals surface area contributed by atoms with E-state index in [0.717, 1.165) is 24.2 Å². The zero-order chi connectivity index (χ0) is 13.2. The lowest BCUT2D eigenvalue weighted by Crippen LogP contribution is -2.30. The molecule has 3 heteroatoms.